The first-order valence-electron chi connectivity index (χ1n) is 10.5. The maximum atomic E-state index is 14.8. The van der Waals surface area contributed by atoms with Crippen LogP contribution >= 0.6 is 0 Å². The number of aromatic hydroxyl groups is 2. The van der Waals surface area contributed by atoms with Crippen LogP contribution in [0.5, 0.6) is 11.5 Å². The van der Waals surface area contributed by atoms with Gasteiger partial charge in [-0.3, -0.25) is 0 Å². The summed E-state index contributed by atoms with van der Waals surface area (Å²) in [5.41, 5.74) is 0.481. The first-order valence-corrected chi connectivity index (χ1v) is 10.5. The number of rotatable bonds is 5. The van der Waals surface area contributed by atoms with Crippen molar-refractivity contribution in [3.63, 3.8) is 0 Å². The lowest BCUT2D eigenvalue weighted by Crippen LogP contribution is -2.21. The smallest absolute Gasteiger partial charge is 0.200 e. The largest absolute Gasteiger partial charge is 0.505 e. The number of halogens is 5. The molecule has 0 atom stereocenters. The topological polar surface area (TPSA) is 49.7 Å². The third-order valence-electron chi connectivity index (χ3n) is 6.10. The van der Waals surface area contributed by atoms with Crippen molar-refractivity contribution < 1.29 is 36.9 Å². The Labute approximate surface area is 187 Å². The predicted octanol–water partition coefficient (Wildman–Crippen LogP) is 6.70. The summed E-state index contributed by atoms with van der Waals surface area (Å²) in [5.74, 6) is -7.29. The van der Waals surface area contributed by atoms with Crippen LogP contribution < -0.4 is 0 Å². The van der Waals surface area contributed by atoms with Gasteiger partial charge in [-0.25, -0.2) is 13.2 Å². The molecule has 3 aromatic carbocycles. The van der Waals surface area contributed by atoms with Gasteiger partial charge in [0.2, 0.25) is 11.6 Å². The zero-order valence-electron chi connectivity index (χ0n) is 17.4. The molecule has 3 aromatic rings. The Hall–Kier alpha value is -3.13. The van der Waals surface area contributed by atoms with Gasteiger partial charge in [0.15, 0.2) is 23.1 Å². The summed E-state index contributed by atoms with van der Waals surface area (Å²) in [5, 5.41) is 18.4. The molecule has 3 nitrogen and oxygen atoms in total. The standard InChI is InChI=1S/C25H21F5O3/c26-19-11-14(18-8-10-21(32)25(30)23(18)28)3-7-17(19)13-1-5-16(6-2-13)33-12-15-4-9-20(31)24(29)22(15)27/h3-4,7-11,13,16,31-32H,1-2,5-6,12H2. The highest BCUT2D eigenvalue weighted by atomic mass is 19.2. The van der Waals surface area contributed by atoms with Gasteiger partial charge in [0.25, 0.3) is 0 Å². The van der Waals surface area contributed by atoms with Gasteiger partial charge in [0, 0.05) is 11.1 Å². The minimum atomic E-state index is -1.38. The van der Waals surface area contributed by atoms with Crippen LogP contribution in [-0.4, -0.2) is 16.3 Å². The van der Waals surface area contributed by atoms with E-state index in [2.05, 4.69) is 0 Å². The van der Waals surface area contributed by atoms with Crippen LogP contribution in [0.3, 0.4) is 0 Å². The van der Waals surface area contributed by atoms with Crippen LogP contribution in [0.15, 0.2) is 42.5 Å². The molecule has 0 spiro atoms. The molecule has 0 unspecified atom stereocenters. The van der Waals surface area contributed by atoms with Gasteiger partial charge in [0.1, 0.15) is 5.82 Å². The first-order chi connectivity index (χ1) is 15.8. The fourth-order valence-corrected chi connectivity index (χ4v) is 4.23. The fourth-order valence-electron chi connectivity index (χ4n) is 4.23. The highest BCUT2D eigenvalue weighted by molar-refractivity contribution is 5.66. The van der Waals surface area contributed by atoms with Gasteiger partial charge in [-0.2, -0.15) is 8.78 Å². The van der Waals surface area contributed by atoms with E-state index in [0.717, 1.165) is 18.2 Å². The highest BCUT2D eigenvalue weighted by Gasteiger charge is 2.26. The van der Waals surface area contributed by atoms with Gasteiger partial charge >= 0.3 is 0 Å². The molecule has 0 saturated heterocycles. The molecule has 0 aliphatic heterocycles. The average Bonchev–Trinajstić information content (AvgIpc) is 2.81. The molecule has 0 radical (unpaired) electrons. The second-order valence-electron chi connectivity index (χ2n) is 8.15. The lowest BCUT2D eigenvalue weighted by atomic mass is 9.82. The Bertz CT molecular complexity index is 1170. The third kappa shape index (κ3) is 4.66. The molecule has 8 heteroatoms. The van der Waals surface area contributed by atoms with Crippen molar-refractivity contribution in [2.75, 3.05) is 0 Å². The maximum Gasteiger partial charge on any atom is 0.200 e. The molecule has 0 aromatic heterocycles. The Morgan fingerprint density at radius 1 is 0.727 bits per heavy atom. The zero-order chi connectivity index (χ0) is 23.7. The summed E-state index contributed by atoms with van der Waals surface area (Å²) in [7, 11) is 0. The molecule has 1 saturated carbocycles. The molecule has 1 aliphatic rings. The van der Waals surface area contributed by atoms with Crippen LogP contribution in [0.2, 0.25) is 0 Å². The number of phenolic OH excluding ortho intramolecular Hbond substituents is 2. The molecule has 2 N–H and O–H groups in total. The van der Waals surface area contributed by atoms with Gasteiger partial charge < -0.3 is 14.9 Å². The van der Waals surface area contributed by atoms with E-state index in [4.69, 9.17) is 4.74 Å². The summed E-state index contributed by atoms with van der Waals surface area (Å²) in [6, 6.07) is 8.74. The van der Waals surface area contributed by atoms with Crippen molar-refractivity contribution in [2.45, 2.75) is 44.3 Å². The summed E-state index contributed by atoms with van der Waals surface area (Å²) >= 11 is 0. The van der Waals surface area contributed by atoms with E-state index in [1.54, 1.807) is 6.07 Å². The fraction of sp³-hybridized carbons (Fsp3) is 0.280. The lowest BCUT2D eigenvalue weighted by Gasteiger charge is -2.29. The van der Waals surface area contributed by atoms with E-state index < -0.39 is 40.6 Å². The molecule has 4 rings (SSSR count). The number of benzene rings is 3. The Morgan fingerprint density at radius 2 is 1.36 bits per heavy atom. The Morgan fingerprint density at radius 3 is 2.03 bits per heavy atom. The van der Waals surface area contributed by atoms with Crippen LogP contribution in [0, 0.1) is 29.1 Å². The SMILES string of the molecule is Oc1ccc(COC2CCC(c3ccc(-c4ccc(O)c(F)c4F)cc3F)CC2)c(F)c1F. The van der Waals surface area contributed by atoms with E-state index in [-0.39, 0.29) is 35.3 Å². The average molecular weight is 464 g/mol. The number of ether oxygens (including phenoxy) is 1. The maximum absolute atomic E-state index is 14.8. The zero-order valence-corrected chi connectivity index (χ0v) is 17.4. The molecular weight excluding hydrogens is 443 g/mol. The van der Waals surface area contributed by atoms with Crippen molar-refractivity contribution in [1.29, 1.82) is 0 Å². The van der Waals surface area contributed by atoms with E-state index in [9.17, 15) is 32.2 Å². The molecule has 0 heterocycles. The summed E-state index contributed by atoms with van der Waals surface area (Å²) in [4.78, 5) is 0. The number of hydrogen-bond donors (Lipinski definition) is 2. The second-order valence-corrected chi connectivity index (χ2v) is 8.15. The molecule has 33 heavy (non-hydrogen) atoms. The first kappa shape index (κ1) is 23.0. The lowest BCUT2D eigenvalue weighted by molar-refractivity contribution is 0.0116. The van der Waals surface area contributed by atoms with E-state index in [1.807, 2.05) is 0 Å². The van der Waals surface area contributed by atoms with Gasteiger partial charge in [-0.1, -0.05) is 12.1 Å². The highest BCUT2D eigenvalue weighted by Crippen LogP contribution is 2.38. The molecule has 0 bridgehead atoms. The van der Waals surface area contributed by atoms with Crippen LogP contribution in [-0.2, 0) is 11.3 Å². The molecule has 174 valence electrons. The van der Waals surface area contributed by atoms with Gasteiger partial charge in [0.05, 0.1) is 12.7 Å². The monoisotopic (exact) mass is 464 g/mol. The molecule has 1 aliphatic carbocycles. The summed E-state index contributed by atoms with van der Waals surface area (Å²) < 4.78 is 75.6. The third-order valence-corrected chi connectivity index (χ3v) is 6.10. The normalized spacial score (nSPS) is 18.5. The Balaban J connectivity index is 1.39. The molecular formula is C25H21F5O3. The number of phenols is 2. The quantitative estimate of drug-likeness (QED) is 0.413. The summed E-state index contributed by atoms with van der Waals surface area (Å²) in [6.45, 7) is -0.143. The minimum Gasteiger partial charge on any atom is -0.505 e. The van der Waals surface area contributed by atoms with Crippen molar-refractivity contribution >= 4 is 0 Å². The van der Waals surface area contributed by atoms with E-state index in [1.165, 1.54) is 18.2 Å². The van der Waals surface area contributed by atoms with Crippen molar-refractivity contribution in [1.82, 2.24) is 0 Å². The summed E-state index contributed by atoms with van der Waals surface area (Å²) in [6.07, 6.45) is 2.19. The minimum absolute atomic E-state index is 0.00644. The molecule has 1 fully saturated rings. The van der Waals surface area contributed by atoms with Gasteiger partial charge in [-0.05, 0) is 73.1 Å². The molecule has 0 amide bonds. The van der Waals surface area contributed by atoms with Crippen molar-refractivity contribution in [3.8, 4) is 22.6 Å². The van der Waals surface area contributed by atoms with Crippen LogP contribution in [0.25, 0.3) is 11.1 Å². The van der Waals surface area contributed by atoms with E-state index >= 15 is 0 Å². The van der Waals surface area contributed by atoms with Crippen LogP contribution in [0.1, 0.15) is 42.7 Å². The van der Waals surface area contributed by atoms with E-state index in [0.29, 0.717) is 31.2 Å². The predicted molar refractivity (Wildman–Crippen MR) is 111 cm³/mol. The Kier molecular flexibility index (Phi) is 6.56. The van der Waals surface area contributed by atoms with Crippen molar-refractivity contribution in [2.24, 2.45) is 0 Å². The van der Waals surface area contributed by atoms with Crippen LogP contribution in [0.4, 0.5) is 22.0 Å². The van der Waals surface area contributed by atoms with Gasteiger partial charge in [-0.15, -0.1) is 0 Å². The van der Waals surface area contributed by atoms with Crippen molar-refractivity contribution in [3.05, 3.63) is 82.7 Å². The number of hydrogen-bond acceptors (Lipinski definition) is 3. The second kappa shape index (κ2) is 9.39.